The minimum Gasteiger partial charge on any atom is -0.300 e. The topological polar surface area (TPSA) is 17.1 Å². The zero-order valence-corrected chi connectivity index (χ0v) is 12.9. The molecule has 2 aliphatic carbocycles. The van der Waals surface area contributed by atoms with Crippen LogP contribution in [0.25, 0.3) is 0 Å². The van der Waals surface area contributed by atoms with Crippen LogP contribution in [-0.2, 0) is 4.79 Å². The molecule has 2 aliphatic rings. The van der Waals surface area contributed by atoms with E-state index in [-0.39, 0.29) is 0 Å². The lowest BCUT2D eigenvalue weighted by Gasteiger charge is -2.17. The minimum atomic E-state index is 0.503. The predicted molar refractivity (Wildman–Crippen MR) is 85.7 cm³/mol. The van der Waals surface area contributed by atoms with Crippen LogP contribution in [0.5, 0.6) is 0 Å². The number of allylic oxidation sites excluding steroid dienone is 4. The van der Waals surface area contributed by atoms with Gasteiger partial charge in [-0.05, 0) is 76.0 Å². The van der Waals surface area contributed by atoms with Gasteiger partial charge in [-0.25, -0.2) is 0 Å². The fraction of sp³-hybridized carbons (Fsp3) is 0.737. The predicted octanol–water partition coefficient (Wildman–Crippen LogP) is 5.61. The van der Waals surface area contributed by atoms with E-state index in [1.807, 2.05) is 0 Å². The molecule has 0 aromatic rings. The van der Waals surface area contributed by atoms with E-state index < -0.39 is 0 Å². The Morgan fingerprint density at radius 3 is 1.70 bits per heavy atom. The van der Waals surface area contributed by atoms with Crippen LogP contribution in [0.4, 0.5) is 0 Å². The molecule has 1 nitrogen and oxygen atoms in total. The zero-order valence-electron chi connectivity index (χ0n) is 12.9. The summed E-state index contributed by atoms with van der Waals surface area (Å²) < 4.78 is 0. The van der Waals surface area contributed by atoms with Gasteiger partial charge < -0.3 is 0 Å². The summed E-state index contributed by atoms with van der Waals surface area (Å²) in [6, 6.07) is 0. The Morgan fingerprint density at radius 2 is 1.30 bits per heavy atom. The van der Waals surface area contributed by atoms with E-state index in [1.165, 1.54) is 51.4 Å². The molecular formula is C19H30O. The first-order valence-electron chi connectivity index (χ1n) is 8.66. The van der Waals surface area contributed by atoms with Crippen LogP contribution in [0.1, 0.15) is 77.0 Å². The highest BCUT2D eigenvalue weighted by Gasteiger charge is 2.12. The molecule has 0 radical (unpaired) electrons. The summed E-state index contributed by atoms with van der Waals surface area (Å²) >= 11 is 0. The third-order valence-electron chi connectivity index (χ3n) is 4.89. The second-order valence-corrected chi connectivity index (χ2v) is 6.62. The van der Waals surface area contributed by atoms with E-state index in [1.54, 1.807) is 0 Å². The van der Waals surface area contributed by atoms with Crippen molar-refractivity contribution in [3.8, 4) is 0 Å². The Labute approximate surface area is 124 Å². The molecule has 0 aliphatic heterocycles. The van der Waals surface area contributed by atoms with Crippen LogP contribution < -0.4 is 0 Å². The van der Waals surface area contributed by atoms with Gasteiger partial charge >= 0.3 is 0 Å². The maximum atomic E-state index is 11.9. The maximum absolute atomic E-state index is 11.9. The molecule has 0 saturated carbocycles. The van der Waals surface area contributed by atoms with Crippen LogP contribution in [0.15, 0.2) is 24.3 Å². The van der Waals surface area contributed by atoms with E-state index >= 15 is 0 Å². The molecule has 0 aromatic carbocycles. The van der Waals surface area contributed by atoms with Gasteiger partial charge in [-0.2, -0.15) is 0 Å². The Hall–Kier alpha value is -0.850. The van der Waals surface area contributed by atoms with Gasteiger partial charge in [0.25, 0.3) is 0 Å². The standard InChI is InChI=1S/C19H30O/c20-19(15-7-13-17-9-3-1-4-10-17)16-8-14-18-11-5-2-6-12-18/h1-3,5,17-18H,4,6-16H2/t17-,18-/m1/s1. The van der Waals surface area contributed by atoms with Crippen molar-refractivity contribution in [1.29, 1.82) is 0 Å². The van der Waals surface area contributed by atoms with Gasteiger partial charge in [0.1, 0.15) is 5.78 Å². The molecule has 2 rings (SSSR count). The average Bonchev–Trinajstić information content (AvgIpc) is 2.49. The molecule has 0 spiro atoms. The number of carbonyl (C=O) groups excluding carboxylic acids is 1. The smallest absolute Gasteiger partial charge is 0.132 e. The van der Waals surface area contributed by atoms with Crippen molar-refractivity contribution in [2.24, 2.45) is 11.8 Å². The fourth-order valence-electron chi connectivity index (χ4n) is 3.54. The van der Waals surface area contributed by atoms with Gasteiger partial charge in [0.05, 0.1) is 0 Å². The molecule has 20 heavy (non-hydrogen) atoms. The lowest BCUT2D eigenvalue weighted by Crippen LogP contribution is -2.06. The van der Waals surface area contributed by atoms with Crippen molar-refractivity contribution in [3.05, 3.63) is 24.3 Å². The van der Waals surface area contributed by atoms with E-state index in [4.69, 9.17) is 0 Å². The zero-order chi connectivity index (χ0) is 14.0. The van der Waals surface area contributed by atoms with Gasteiger partial charge in [-0.3, -0.25) is 4.79 Å². The average molecular weight is 274 g/mol. The third-order valence-corrected chi connectivity index (χ3v) is 4.89. The second-order valence-electron chi connectivity index (χ2n) is 6.62. The first kappa shape index (κ1) is 15.5. The molecule has 0 heterocycles. The van der Waals surface area contributed by atoms with E-state index in [0.29, 0.717) is 5.78 Å². The molecule has 112 valence electrons. The summed E-state index contributed by atoms with van der Waals surface area (Å²) in [7, 11) is 0. The van der Waals surface area contributed by atoms with Gasteiger partial charge in [0.2, 0.25) is 0 Å². The van der Waals surface area contributed by atoms with Crippen molar-refractivity contribution in [3.63, 3.8) is 0 Å². The summed E-state index contributed by atoms with van der Waals surface area (Å²) in [5, 5.41) is 0. The Bertz CT molecular complexity index is 308. The Balaban J connectivity index is 1.47. The van der Waals surface area contributed by atoms with Crippen LogP contribution in [0.2, 0.25) is 0 Å². The quantitative estimate of drug-likeness (QED) is 0.526. The van der Waals surface area contributed by atoms with Gasteiger partial charge in [0, 0.05) is 12.8 Å². The normalized spacial score (nSPS) is 25.8. The number of carbonyl (C=O) groups is 1. The van der Waals surface area contributed by atoms with Crippen LogP contribution >= 0.6 is 0 Å². The highest BCUT2D eigenvalue weighted by atomic mass is 16.1. The summed E-state index contributed by atoms with van der Waals surface area (Å²) in [4.78, 5) is 11.9. The molecule has 0 aromatic heterocycles. The molecule has 0 bridgehead atoms. The first-order chi connectivity index (χ1) is 9.84. The Morgan fingerprint density at radius 1 is 0.800 bits per heavy atom. The van der Waals surface area contributed by atoms with Gasteiger partial charge in [0.15, 0.2) is 0 Å². The summed E-state index contributed by atoms with van der Waals surface area (Å²) in [5.74, 6) is 2.20. The van der Waals surface area contributed by atoms with Crippen LogP contribution in [0, 0.1) is 11.8 Å². The molecule has 2 atom stereocenters. The second kappa shape index (κ2) is 9.15. The van der Waals surface area contributed by atoms with E-state index in [2.05, 4.69) is 24.3 Å². The third kappa shape index (κ3) is 6.07. The fourth-order valence-corrected chi connectivity index (χ4v) is 3.54. The monoisotopic (exact) mass is 274 g/mol. The number of Topliss-reactive ketones (excluding diaryl/α,β-unsaturated/α-hetero) is 1. The molecule has 0 N–H and O–H groups in total. The lowest BCUT2D eigenvalue weighted by molar-refractivity contribution is -0.119. The largest absolute Gasteiger partial charge is 0.300 e. The summed E-state index contributed by atoms with van der Waals surface area (Å²) in [6.45, 7) is 0. The SMILES string of the molecule is O=C(CCC[C@@H]1CC=CCC1)CCC[C@@H]1CC=CCC1. The number of ketones is 1. The molecule has 0 fully saturated rings. The molecule has 1 heteroatoms. The van der Waals surface area contributed by atoms with E-state index in [9.17, 15) is 4.79 Å². The summed E-state index contributed by atoms with van der Waals surface area (Å²) in [6.07, 6.45) is 23.2. The molecular weight excluding hydrogens is 244 g/mol. The highest BCUT2D eigenvalue weighted by Crippen LogP contribution is 2.25. The van der Waals surface area contributed by atoms with Crippen molar-refractivity contribution >= 4 is 5.78 Å². The van der Waals surface area contributed by atoms with Gasteiger partial charge in [-0.1, -0.05) is 24.3 Å². The van der Waals surface area contributed by atoms with E-state index in [0.717, 1.165) is 37.5 Å². The molecule has 0 amide bonds. The highest BCUT2D eigenvalue weighted by molar-refractivity contribution is 5.78. The van der Waals surface area contributed by atoms with Crippen molar-refractivity contribution in [2.45, 2.75) is 77.0 Å². The van der Waals surface area contributed by atoms with Gasteiger partial charge in [-0.15, -0.1) is 0 Å². The van der Waals surface area contributed by atoms with Crippen molar-refractivity contribution in [2.75, 3.05) is 0 Å². The number of hydrogen-bond donors (Lipinski definition) is 0. The van der Waals surface area contributed by atoms with Crippen molar-refractivity contribution < 1.29 is 4.79 Å². The van der Waals surface area contributed by atoms with Crippen LogP contribution in [0.3, 0.4) is 0 Å². The molecule has 0 saturated heterocycles. The lowest BCUT2D eigenvalue weighted by atomic mass is 9.88. The molecule has 0 unspecified atom stereocenters. The number of hydrogen-bond acceptors (Lipinski definition) is 1. The minimum absolute atomic E-state index is 0.503. The van der Waals surface area contributed by atoms with Crippen LogP contribution in [-0.4, -0.2) is 5.78 Å². The summed E-state index contributed by atoms with van der Waals surface area (Å²) in [5.41, 5.74) is 0. The van der Waals surface area contributed by atoms with Crippen molar-refractivity contribution in [1.82, 2.24) is 0 Å². The number of rotatable bonds is 8. The maximum Gasteiger partial charge on any atom is 0.132 e. The Kier molecular flexibility index (Phi) is 7.11. The first-order valence-corrected chi connectivity index (χ1v) is 8.66.